The van der Waals surface area contributed by atoms with Gasteiger partial charge in [0, 0.05) is 11.7 Å². The van der Waals surface area contributed by atoms with E-state index in [-0.39, 0.29) is 17.0 Å². The average Bonchev–Trinajstić information content (AvgIpc) is 2.53. The summed E-state index contributed by atoms with van der Waals surface area (Å²) in [5, 5.41) is 5.63. The van der Waals surface area contributed by atoms with Crippen LogP contribution in [0.5, 0.6) is 0 Å². The van der Waals surface area contributed by atoms with Crippen LogP contribution >= 0.6 is 0 Å². The lowest BCUT2D eigenvalue weighted by molar-refractivity contribution is 0.248. The number of carbonyl (C=O) groups is 1. The first-order valence-electron chi connectivity index (χ1n) is 8.42. The van der Waals surface area contributed by atoms with Crippen molar-refractivity contribution in [1.82, 2.24) is 10.0 Å². The number of aryl methyl sites for hydroxylation is 1. The van der Waals surface area contributed by atoms with Crippen LogP contribution in [0.1, 0.15) is 51.5 Å². The molecule has 0 spiro atoms. The number of nitrogens with one attached hydrogen (secondary N) is 3. The summed E-state index contributed by atoms with van der Waals surface area (Å²) in [6.07, 6.45) is 5.59. The van der Waals surface area contributed by atoms with E-state index in [0.29, 0.717) is 5.69 Å². The Morgan fingerprint density at radius 3 is 2.54 bits per heavy atom. The standard InChI is InChI=1S/C17H29N3O3S/c1-5-6-7-8-9-14(3)19-17(21)20-16-12-15(11-10-13(16)2)24(22,23)18-4/h10-12,14,18H,5-9H2,1-4H3,(H2,19,20,21). The Labute approximate surface area is 145 Å². The Morgan fingerprint density at radius 1 is 1.21 bits per heavy atom. The Bertz CT molecular complexity index is 644. The quantitative estimate of drug-likeness (QED) is 0.593. The summed E-state index contributed by atoms with van der Waals surface area (Å²) in [5.74, 6) is 0. The number of amides is 2. The molecule has 1 atom stereocenters. The molecule has 1 aromatic carbocycles. The molecule has 3 N–H and O–H groups in total. The SMILES string of the molecule is CCCCCCC(C)NC(=O)Nc1cc(S(=O)(=O)NC)ccc1C. The number of hydrogen-bond donors (Lipinski definition) is 3. The molecule has 0 aliphatic rings. The number of anilines is 1. The molecule has 0 bridgehead atoms. The zero-order valence-corrected chi connectivity index (χ0v) is 15.8. The molecule has 1 rings (SSSR count). The first-order valence-corrected chi connectivity index (χ1v) is 9.90. The second-order valence-electron chi connectivity index (χ2n) is 6.03. The van der Waals surface area contributed by atoms with Crippen LogP contribution in [0.4, 0.5) is 10.5 Å². The fourth-order valence-electron chi connectivity index (χ4n) is 2.35. The predicted octanol–water partition coefficient (Wildman–Crippen LogP) is 3.38. The van der Waals surface area contributed by atoms with Gasteiger partial charge >= 0.3 is 6.03 Å². The Hall–Kier alpha value is -1.60. The molecule has 24 heavy (non-hydrogen) atoms. The Morgan fingerprint density at radius 2 is 1.92 bits per heavy atom. The molecule has 0 aliphatic carbocycles. The van der Waals surface area contributed by atoms with Crippen molar-refractivity contribution in [2.24, 2.45) is 0 Å². The molecular formula is C17H29N3O3S. The molecule has 0 heterocycles. The van der Waals surface area contributed by atoms with Gasteiger partial charge in [-0.05, 0) is 45.0 Å². The summed E-state index contributed by atoms with van der Waals surface area (Å²) in [7, 11) is -2.18. The minimum atomic E-state index is -3.54. The lowest BCUT2D eigenvalue weighted by Crippen LogP contribution is -2.36. The minimum Gasteiger partial charge on any atom is -0.335 e. The van der Waals surface area contributed by atoms with Gasteiger partial charge in [0.05, 0.1) is 4.90 Å². The van der Waals surface area contributed by atoms with Crippen LogP contribution < -0.4 is 15.4 Å². The van der Waals surface area contributed by atoms with Crippen molar-refractivity contribution in [1.29, 1.82) is 0 Å². The molecule has 6 nitrogen and oxygen atoms in total. The van der Waals surface area contributed by atoms with Crippen molar-refractivity contribution in [3.63, 3.8) is 0 Å². The van der Waals surface area contributed by atoms with Crippen molar-refractivity contribution >= 4 is 21.7 Å². The van der Waals surface area contributed by atoms with Crippen molar-refractivity contribution < 1.29 is 13.2 Å². The second-order valence-corrected chi connectivity index (χ2v) is 7.92. The van der Waals surface area contributed by atoms with E-state index in [4.69, 9.17) is 0 Å². The number of benzene rings is 1. The van der Waals surface area contributed by atoms with E-state index >= 15 is 0 Å². The second kappa shape index (κ2) is 9.64. The smallest absolute Gasteiger partial charge is 0.319 e. The largest absolute Gasteiger partial charge is 0.335 e. The molecule has 0 saturated carbocycles. The summed E-state index contributed by atoms with van der Waals surface area (Å²) >= 11 is 0. The number of carbonyl (C=O) groups excluding carboxylic acids is 1. The third kappa shape index (κ3) is 6.49. The van der Waals surface area contributed by atoms with Crippen LogP contribution in [0.25, 0.3) is 0 Å². The molecule has 0 aromatic heterocycles. The fraction of sp³-hybridized carbons (Fsp3) is 0.588. The van der Waals surface area contributed by atoms with Crippen LogP contribution in [-0.2, 0) is 10.0 Å². The van der Waals surface area contributed by atoms with Gasteiger partial charge in [0.15, 0.2) is 0 Å². The summed E-state index contributed by atoms with van der Waals surface area (Å²) in [6, 6.07) is 4.41. The molecule has 136 valence electrons. The molecule has 1 unspecified atom stereocenters. The van der Waals surface area contributed by atoms with Gasteiger partial charge in [-0.25, -0.2) is 17.9 Å². The normalized spacial score (nSPS) is 12.7. The van der Waals surface area contributed by atoms with Gasteiger partial charge in [-0.15, -0.1) is 0 Å². The van der Waals surface area contributed by atoms with E-state index in [1.165, 1.54) is 38.4 Å². The number of urea groups is 1. The summed E-state index contributed by atoms with van der Waals surface area (Å²) < 4.78 is 26.0. The van der Waals surface area contributed by atoms with Crippen molar-refractivity contribution in [3.05, 3.63) is 23.8 Å². The van der Waals surface area contributed by atoms with E-state index in [1.807, 2.05) is 13.8 Å². The lowest BCUT2D eigenvalue weighted by atomic mass is 10.1. The van der Waals surface area contributed by atoms with E-state index in [2.05, 4.69) is 22.3 Å². The Balaban J connectivity index is 2.65. The van der Waals surface area contributed by atoms with Gasteiger partial charge in [-0.3, -0.25) is 0 Å². The predicted molar refractivity (Wildman–Crippen MR) is 97.8 cm³/mol. The van der Waals surface area contributed by atoms with Crippen molar-refractivity contribution in [2.75, 3.05) is 12.4 Å². The van der Waals surface area contributed by atoms with Crippen LogP contribution in [0.15, 0.2) is 23.1 Å². The van der Waals surface area contributed by atoms with Gasteiger partial charge in [0.2, 0.25) is 10.0 Å². The van der Waals surface area contributed by atoms with Crippen LogP contribution in [0, 0.1) is 6.92 Å². The summed E-state index contributed by atoms with van der Waals surface area (Å²) in [5.41, 5.74) is 1.29. The minimum absolute atomic E-state index is 0.0754. The third-order valence-electron chi connectivity index (χ3n) is 3.90. The van der Waals surface area contributed by atoms with E-state index in [0.717, 1.165) is 18.4 Å². The molecule has 1 aromatic rings. The van der Waals surface area contributed by atoms with E-state index in [1.54, 1.807) is 6.07 Å². The fourth-order valence-corrected chi connectivity index (χ4v) is 3.11. The first-order chi connectivity index (χ1) is 11.3. The maximum atomic E-state index is 12.1. The van der Waals surface area contributed by atoms with Crippen molar-refractivity contribution in [2.45, 2.75) is 63.8 Å². The van der Waals surface area contributed by atoms with E-state index in [9.17, 15) is 13.2 Å². The van der Waals surface area contributed by atoms with Gasteiger partial charge < -0.3 is 10.6 Å². The maximum Gasteiger partial charge on any atom is 0.319 e. The number of sulfonamides is 1. The summed E-state index contributed by atoms with van der Waals surface area (Å²) in [4.78, 5) is 12.2. The topological polar surface area (TPSA) is 87.3 Å². The highest BCUT2D eigenvalue weighted by atomic mass is 32.2. The molecular weight excluding hydrogens is 326 g/mol. The lowest BCUT2D eigenvalue weighted by Gasteiger charge is -2.16. The van der Waals surface area contributed by atoms with Gasteiger partial charge in [-0.1, -0.05) is 38.7 Å². The molecule has 0 saturated heterocycles. The molecule has 0 radical (unpaired) electrons. The zero-order valence-electron chi connectivity index (χ0n) is 15.0. The average molecular weight is 356 g/mol. The maximum absolute atomic E-state index is 12.1. The zero-order chi connectivity index (χ0) is 18.2. The third-order valence-corrected chi connectivity index (χ3v) is 5.32. The van der Waals surface area contributed by atoms with Crippen LogP contribution in [0.3, 0.4) is 0 Å². The molecule has 2 amide bonds. The number of hydrogen-bond acceptors (Lipinski definition) is 3. The van der Waals surface area contributed by atoms with Gasteiger partial charge in [0.1, 0.15) is 0 Å². The van der Waals surface area contributed by atoms with E-state index < -0.39 is 10.0 Å². The molecule has 0 fully saturated rings. The molecule has 0 aliphatic heterocycles. The monoisotopic (exact) mass is 355 g/mol. The molecule has 7 heteroatoms. The van der Waals surface area contributed by atoms with Crippen LogP contribution in [0.2, 0.25) is 0 Å². The van der Waals surface area contributed by atoms with Crippen LogP contribution in [-0.4, -0.2) is 27.5 Å². The van der Waals surface area contributed by atoms with Gasteiger partial charge in [-0.2, -0.15) is 0 Å². The number of rotatable bonds is 9. The van der Waals surface area contributed by atoms with Gasteiger partial charge in [0.25, 0.3) is 0 Å². The highest BCUT2D eigenvalue weighted by molar-refractivity contribution is 7.89. The number of unbranched alkanes of at least 4 members (excludes halogenated alkanes) is 3. The highest BCUT2D eigenvalue weighted by Crippen LogP contribution is 2.20. The summed E-state index contributed by atoms with van der Waals surface area (Å²) in [6.45, 7) is 5.96. The Kier molecular flexibility index (Phi) is 8.21. The van der Waals surface area contributed by atoms with Crippen molar-refractivity contribution in [3.8, 4) is 0 Å². The first kappa shape index (κ1) is 20.4. The highest BCUT2D eigenvalue weighted by Gasteiger charge is 2.14.